The maximum absolute atomic E-state index is 11.4. The second-order valence-electron chi connectivity index (χ2n) is 5.60. The van der Waals surface area contributed by atoms with E-state index < -0.39 is 16.9 Å². The molecule has 0 amide bonds. The van der Waals surface area contributed by atoms with E-state index in [1.807, 2.05) is 49.3 Å². The van der Waals surface area contributed by atoms with Gasteiger partial charge in [0, 0.05) is 24.7 Å². The molecule has 0 saturated heterocycles. The minimum Gasteiger partial charge on any atom is -0.497 e. The lowest BCUT2D eigenvalue weighted by atomic mass is 9.85. The number of anilines is 1. The fraction of sp³-hybridized carbons (Fsp3) is 0.278. The van der Waals surface area contributed by atoms with Gasteiger partial charge in [0.25, 0.3) is 0 Å². The van der Waals surface area contributed by atoms with Gasteiger partial charge in [-0.05, 0) is 35.4 Å². The first-order chi connectivity index (χ1) is 11.5. The molecule has 0 aliphatic heterocycles. The van der Waals surface area contributed by atoms with Gasteiger partial charge in [0.15, 0.2) is 0 Å². The van der Waals surface area contributed by atoms with Gasteiger partial charge < -0.3 is 9.64 Å². The third kappa shape index (κ3) is 3.63. The zero-order valence-corrected chi connectivity index (χ0v) is 13.8. The molecule has 0 aliphatic carbocycles. The fourth-order valence-corrected chi connectivity index (χ4v) is 2.59. The van der Waals surface area contributed by atoms with Crippen molar-refractivity contribution in [3.63, 3.8) is 0 Å². The first-order valence-electron chi connectivity index (χ1n) is 7.42. The molecule has 0 fully saturated rings. The van der Waals surface area contributed by atoms with E-state index in [-0.39, 0.29) is 0 Å². The quantitative estimate of drug-likeness (QED) is 0.602. The maximum atomic E-state index is 11.4. The summed E-state index contributed by atoms with van der Waals surface area (Å²) in [5.41, 5.74) is 2.42. The van der Waals surface area contributed by atoms with Crippen LogP contribution in [-0.2, 0) is 0 Å². The van der Waals surface area contributed by atoms with Gasteiger partial charge in [0.05, 0.1) is 13.0 Å². The monoisotopic (exact) mass is 325 g/mol. The molecular weight excluding hydrogens is 306 g/mol. The summed E-state index contributed by atoms with van der Waals surface area (Å²) in [7, 11) is 5.40. The van der Waals surface area contributed by atoms with Gasteiger partial charge in [-0.25, -0.2) is 0 Å². The maximum Gasteiger partial charge on any atom is 0.307 e. The Bertz CT molecular complexity index is 734. The largest absolute Gasteiger partial charge is 0.497 e. The van der Waals surface area contributed by atoms with Crippen LogP contribution in [-0.4, -0.2) is 32.2 Å². The van der Waals surface area contributed by atoms with Gasteiger partial charge in [0.1, 0.15) is 11.8 Å². The Hall–Kier alpha value is -3.07. The Morgan fingerprint density at radius 2 is 1.58 bits per heavy atom. The molecule has 6 nitrogen and oxygen atoms in total. The Labute approximate surface area is 141 Å². The molecule has 24 heavy (non-hydrogen) atoms. The Morgan fingerprint density at radius 1 is 1.08 bits per heavy atom. The summed E-state index contributed by atoms with van der Waals surface area (Å²) in [6.07, 6.45) is 0. The first-order valence-corrected chi connectivity index (χ1v) is 7.42. The van der Waals surface area contributed by atoms with Crippen LogP contribution in [0.5, 0.6) is 5.75 Å². The molecule has 0 radical (unpaired) electrons. The summed E-state index contributed by atoms with van der Waals surface area (Å²) in [6, 6.07) is 14.9. The number of methoxy groups -OCH3 is 1. The van der Waals surface area contributed by atoms with E-state index in [1.54, 1.807) is 31.4 Å². The second kappa shape index (κ2) is 7.47. The molecule has 0 aromatic heterocycles. The van der Waals surface area contributed by atoms with Crippen molar-refractivity contribution >= 4 is 5.69 Å². The molecule has 2 rings (SSSR count). The predicted molar refractivity (Wildman–Crippen MR) is 92.0 cm³/mol. The van der Waals surface area contributed by atoms with E-state index in [9.17, 15) is 15.4 Å². The van der Waals surface area contributed by atoms with Gasteiger partial charge in [0.2, 0.25) is 0 Å². The van der Waals surface area contributed by atoms with E-state index in [0.29, 0.717) is 11.3 Å². The third-order valence-corrected chi connectivity index (χ3v) is 3.92. The standard InChI is InChI=1S/C18H19N3O3/c1-20(2)15-8-4-13(5-9-15)18(17(12-19)21(22)23)14-6-10-16(24-3)11-7-14/h4-11,17-18H,1-3H3. The van der Waals surface area contributed by atoms with E-state index in [1.165, 1.54) is 0 Å². The van der Waals surface area contributed by atoms with Crippen LogP contribution in [0.15, 0.2) is 48.5 Å². The van der Waals surface area contributed by atoms with Crippen LogP contribution >= 0.6 is 0 Å². The van der Waals surface area contributed by atoms with Crippen molar-refractivity contribution in [3.05, 3.63) is 69.8 Å². The second-order valence-corrected chi connectivity index (χ2v) is 5.60. The number of rotatable bonds is 6. The number of benzene rings is 2. The normalized spacial score (nSPS) is 12.8. The Balaban J connectivity index is 2.49. The number of ether oxygens (including phenoxy) is 1. The van der Waals surface area contributed by atoms with Crippen molar-refractivity contribution in [3.8, 4) is 11.8 Å². The van der Waals surface area contributed by atoms with Gasteiger partial charge in [-0.15, -0.1) is 0 Å². The molecule has 2 aromatic carbocycles. The van der Waals surface area contributed by atoms with Crippen LogP contribution in [0.2, 0.25) is 0 Å². The van der Waals surface area contributed by atoms with Crippen molar-refractivity contribution in [2.75, 3.05) is 26.1 Å². The molecule has 6 heteroatoms. The lowest BCUT2D eigenvalue weighted by Crippen LogP contribution is -2.27. The van der Waals surface area contributed by atoms with Crippen LogP contribution in [0.1, 0.15) is 17.0 Å². The van der Waals surface area contributed by atoms with Gasteiger partial charge in [-0.3, -0.25) is 10.1 Å². The van der Waals surface area contributed by atoms with E-state index in [0.717, 1.165) is 11.3 Å². The smallest absolute Gasteiger partial charge is 0.307 e. The van der Waals surface area contributed by atoms with Crippen molar-refractivity contribution in [2.24, 2.45) is 0 Å². The van der Waals surface area contributed by atoms with Crippen molar-refractivity contribution < 1.29 is 9.66 Å². The van der Waals surface area contributed by atoms with Gasteiger partial charge in [-0.1, -0.05) is 24.3 Å². The molecule has 124 valence electrons. The minimum absolute atomic E-state index is 0.533. The van der Waals surface area contributed by atoms with Crippen LogP contribution < -0.4 is 9.64 Å². The van der Waals surface area contributed by atoms with Crippen LogP contribution in [0.4, 0.5) is 5.69 Å². The average molecular weight is 325 g/mol. The molecular formula is C18H19N3O3. The van der Waals surface area contributed by atoms with Crippen molar-refractivity contribution in [2.45, 2.75) is 12.0 Å². The summed E-state index contributed by atoms with van der Waals surface area (Å²) < 4.78 is 5.13. The van der Waals surface area contributed by atoms with Crippen LogP contribution in [0.25, 0.3) is 0 Å². The van der Waals surface area contributed by atoms with Crippen LogP contribution in [0.3, 0.4) is 0 Å². The molecule has 0 aliphatic rings. The van der Waals surface area contributed by atoms with Gasteiger partial charge in [-0.2, -0.15) is 5.26 Å². The highest BCUT2D eigenvalue weighted by Crippen LogP contribution is 2.31. The van der Waals surface area contributed by atoms with Crippen molar-refractivity contribution in [1.29, 1.82) is 5.26 Å². The number of hydrogen-bond donors (Lipinski definition) is 0. The summed E-state index contributed by atoms with van der Waals surface area (Å²) in [6.45, 7) is 0. The molecule has 0 bridgehead atoms. The topological polar surface area (TPSA) is 79.4 Å². The molecule has 0 heterocycles. The number of nitro groups is 1. The zero-order chi connectivity index (χ0) is 17.7. The molecule has 0 saturated carbocycles. The summed E-state index contributed by atoms with van der Waals surface area (Å²) in [5.74, 6) is 0.0159. The lowest BCUT2D eigenvalue weighted by Gasteiger charge is -2.19. The van der Waals surface area contributed by atoms with Crippen molar-refractivity contribution in [1.82, 2.24) is 0 Å². The van der Waals surface area contributed by atoms with E-state index in [2.05, 4.69) is 0 Å². The molecule has 2 unspecified atom stereocenters. The summed E-state index contributed by atoms with van der Waals surface area (Å²) in [4.78, 5) is 12.8. The number of nitrogens with zero attached hydrogens (tertiary/aromatic N) is 3. The Kier molecular flexibility index (Phi) is 5.38. The molecule has 2 atom stereocenters. The average Bonchev–Trinajstić information content (AvgIpc) is 2.59. The highest BCUT2D eigenvalue weighted by atomic mass is 16.6. The zero-order valence-electron chi connectivity index (χ0n) is 13.8. The summed E-state index contributed by atoms with van der Waals surface area (Å²) in [5, 5.41) is 20.7. The number of hydrogen-bond acceptors (Lipinski definition) is 5. The molecule has 0 N–H and O–H groups in total. The highest BCUT2D eigenvalue weighted by Gasteiger charge is 2.34. The van der Waals surface area contributed by atoms with E-state index in [4.69, 9.17) is 4.74 Å². The number of nitriles is 1. The minimum atomic E-state index is -1.36. The van der Waals surface area contributed by atoms with E-state index >= 15 is 0 Å². The highest BCUT2D eigenvalue weighted by molar-refractivity contribution is 5.48. The first kappa shape index (κ1) is 17.3. The third-order valence-electron chi connectivity index (χ3n) is 3.92. The lowest BCUT2D eigenvalue weighted by molar-refractivity contribution is -0.509. The SMILES string of the molecule is COc1ccc(C(c2ccc(N(C)C)cc2)C(C#N)[N+](=O)[O-])cc1. The molecule has 0 spiro atoms. The predicted octanol–water partition coefficient (Wildman–Crippen LogP) is 3.06. The Morgan fingerprint density at radius 3 is 1.96 bits per heavy atom. The molecule has 2 aromatic rings. The fourth-order valence-electron chi connectivity index (χ4n) is 2.59. The van der Waals surface area contributed by atoms with Crippen LogP contribution in [0, 0.1) is 21.4 Å². The van der Waals surface area contributed by atoms with Gasteiger partial charge >= 0.3 is 6.04 Å². The summed E-state index contributed by atoms with van der Waals surface area (Å²) >= 11 is 0.